The van der Waals surface area contributed by atoms with Crippen molar-refractivity contribution in [3.63, 3.8) is 0 Å². The molecule has 2 aromatic rings. The van der Waals surface area contributed by atoms with Crippen LogP contribution < -0.4 is 10.9 Å². The van der Waals surface area contributed by atoms with E-state index >= 15 is 0 Å². The highest BCUT2D eigenvalue weighted by Crippen LogP contribution is 2.16. The Morgan fingerprint density at radius 2 is 1.77 bits per heavy atom. The third kappa shape index (κ3) is 5.02. The zero-order valence-electron chi connectivity index (χ0n) is 14.0. The van der Waals surface area contributed by atoms with Gasteiger partial charge in [-0.25, -0.2) is 0 Å². The molecule has 1 aromatic heterocycles. The fraction of sp³-hybridized carbons (Fsp3) is 0.444. The molecule has 0 aliphatic rings. The van der Waals surface area contributed by atoms with Crippen LogP contribution in [0.5, 0.6) is 0 Å². The van der Waals surface area contributed by atoms with Gasteiger partial charge in [0, 0.05) is 24.0 Å². The van der Waals surface area contributed by atoms with Gasteiger partial charge in [0.2, 0.25) is 5.56 Å². The molecule has 0 aliphatic carbocycles. The number of pyridine rings is 1. The summed E-state index contributed by atoms with van der Waals surface area (Å²) in [4.78, 5) is 25.7. The fourth-order valence-corrected chi connectivity index (χ4v) is 2.19. The van der Waals surface area contributed by atoms with Gasteiger partial charge in [-0.05, 0) is 19.1 Å². The summed E-state index contributed by atoms with van der Waals surface area (Å²) in [7, 11) is 1.55. The van der Waals surface area contributed by atoms with Crippen molar-refractivity contribution in [1.82, 2.24) is 10.3 Å². The number of rotatable bonds is 4. The molecule has 120 valence electrons. The van der Waals surface area contributed by atoms with E-state index in [-0.39, 0.29) is 11.5 Å². The highest BCUT2D eigenvalue weighted by atomic mass is 16.1. The second-order valence-corrected chi connectivity index (χ2v) is 5.38. The Kier molecular flexibility index (Phi) is 7.37. The van der Waals surface area contributed by atoms with E-state index in [2.05, 4.69) is 24.1 Å². The van der Waals surface area contributed by atoms with Gasteiger partial charge in [-0.3, -0.25) is 9.59 Å². The molecule has 1 aromatic carbocycles. The zero-order valence-corrected chi connectivity index (χ0v) is 14.0. The normalized spacial score (nSPS) is 10.0. The second kappa shape index (κ2) is 9.03. The number of aromatic amines is 1. The summed E-state index contributed by atoms with van der Waals surface area (Å²) < 4.78 is 0. The van der Waals surface area contributed by atoms with Crippen molar-refractivity contribution in [3.8, 4) is 0 Å². The number of benzene rings is 1. The molecule has 0 saturated heterocycles. The summed E-state index contributed by atoms with van der Waals surface area (Å²) in [6, 6.07) is 6.90. The lowest BCUT2D eigenvalue weighted by molar-refractivity contribution is 0.0964. The summed E-state index contributed by atoms with van der Waals surface area (Å²) in [5.41, 5.74) is 1.86. The SMILES string of the molecule is CCCCCC.CNC(=O)c1cc(=O)[nH]c2ccc(C)cc12. The Morgan fingerprint density at radius 1 is 1.14 bits per heavy atom. The van der Waals surface area contributed by atoms with Crippen molar-refractivity contribution in [3.05, 3.63) is 45.7 Å². The van der Waals surface area contributed by atoms with Gasteiger partial charge in [0.15, 0.2) is 0 Å². The number of carbonyl (C=O) groups is 1. The molecule has 0 radical (unpaired) electrons. The number of hydrogen-bond acceptors (Lipinski definition) is 2. The van der Waals surface area contributed by atoms with Crippen molar-refractivity contribution < 1.29 is 4.79 Å². The van der Waals surface area contributed by atoms with Gasteiger partial charge >= 0.3 is 0 Å². The summed E-state index contributed by atoms with van der Waals surface area (Å²) in [6.07, 6.45) is 5.54. The molecule has 0 fully saturated rings. The molecule has 1 amide bonds. The van der Waals surface area contributed by atoms with Crippen LogP contribution in [-0.4, -0.2) is 17.9 Å². The number of nitrogens with one attached hydrogen (secondary N) is 2. The van der Waals surface area contributed by atoms with Crippen LogP contribution in [0.1, 0.15) is 55.5 Å². The van der Waals surface area contributed by atoms with E-state index in [1.54, 1.807) is 13.1 Å². The highest BCUT2D eigenvalue weighted by Gasteiger charge is 2.09. The number of hydrogen-bond donors (Lipinski definition) is 2. The molecule has 0 saturated carbocycles. The predicted molar refractivity (Wildman–Crippen MR) is 92.5 cm³/mol. The summed E-state index contributed by atoms with van der Waals surface area (Å²) in [6.45, 7) is 6.41. The molecule has 0 atom stereocenters. The minimum Gasteiger partial charge on any atom is -0.355 e. The Balaban J connectivity index is 0.000000346. The molecular formula is C18H26N2O2. The van der Waals surface area contributed by atoms with Gasteiger partial charge in [-0.1, -0.05) is 51.2 Å². The van der Waals surface area contributed by atoms with Crippen molar-refractivity contribution >= 4 is 16.8 Å². The van der Waals surface area contributed by atoms with Crippen molar-refractivity contribution in [2.24, 2.45) is 0 Å². The lowest BCUT2D eigenvalue weighted by atomic mass is 10.1. The van der Waals surface area contributed by atoms with E-state index in [0.717, 1.165) is 10.9 Å². The average molecular weight is 302 g/mol. The number of carbonyl (C=O) groups excluding carboxylic acids is 1. The summed E-state index contributed by atoms with van der Waals surface area (Å²) >= 11 is 0. The van der Waals surface area contributed by atoms with Gasteiger partial charge in [0.1, 0.15) is 0 Å². The lowest BCUT2D eigenvalue weighted by Gasteiger charge is -2.05. The van der Waals surface area contributed by atoms with Crippen molar-refractivity contribution in [2.75, 3.05) is 7.05 Å². The fourth-order valence-electron chi connectivity index (χ4n) is 2.19. The molecule has 0 spiro atoms. The highest BCUT2D eigenvalue weighted by molar-refractivity contribution is 6.05. The summed E-state index contributed by atoms with van der Waals surface area (Å²) in [5, 5.41) is 3.29. The second-order valence-electron chi connectivity index (χ2n) is 5.38. The molecule has 0 bridgehead atoms. The van der Waals surface area contributed by atoms with E-state index in [0.29, 0.717) is 11.1 Å². The molecule has 0 aliphatic heterocycles. The molecule has 1 heterocycles. The first-order valence-corrected chi connectivity index (χ1v) is 7.89. The number of unbranched alkanes of at least 4 members (excludes halogenated alkanes) is 3. The molecule has 0 unspecified atom stereocenters. The van der Waals surface area contributed by atoms with Crippen LogP contribution in [0.25, 0.3) is 10.9 Å². The molecule has 2 rings (SSSR count). The minimum absolute atomic E-state index is 0.248. The number of fused-ring (bicyclic) bond motifs is 1. The van der Waals surface area contributed by atoms with E-state index in [1.165, 1.54) is 31.7 Å². The topological polar surface area (TPSA) is 62.0 Å². The standard InChI is InChI=1S/C12H12N2O2.C6H14/c1-7-3-4-10-8(5-7)9(12(16)13-2)6-11(15)14-10;1-3-5-6-4-2/h3-6H,1-2H3,(H,13,16)(H,14,15);3-6H2,1-2H3. The molecule has 4 nitrogen and oxygen atoms in total. The maximum atomic E-state index is 11.6. The number of amides is 1. The number of aryl methyl sites for hydroxylation is 1. The Hall–Kier alpha value is -2.10. The first-order chi connectivity index (χ1) is 10.5. The first-order valence-electron chi connectivity index (χ1n) is 7.89. The van der Waals surface area contributed by atoms with E-state index in [9.17, 15) is 9.59 Å². The van der Waals surface area contributed by atoms with Gasteiger partial charge in [-0.2, -0.15) is 0 Å². The van der Waals surface area contributed by atoms with Crippen LogP contribution in [-0.2, 0) is 0 Å². The Morgan fingerprint density at radius 3 is 2.32 bits per heavy atom. The Labute approximate surface area is 131 Å². The van der Waals surface area contributed by atoms with Crippen LogP contribution in [0.15, 0.2) is 29.1 Å². The number of H-pyrrole nitrogens is 1. The predicted octanol–water partition coefficient (Wildman–Crippen LogP) is 3.78. The van der Waals surface area contributed by atoms with Crippen molar-refractivity contribution in [2.45, 2.75) is 46.5 Å². The van der Waals surface area contributed by atoms with Crippen LogP contribution >= 0.6 is 0 Å². The smallest absolute Gasteiger partial charge is 0.251 e. The monoisotopic (exact) mass is 302 g/mol. The molecule has 2 N–H and O–H groups in total. The van der Waals surface area contributed by atoms with Gasteiger partial charge in [0.25, 0.3) is 5.91 Å². The quantitative estimate of drug-likeness (QED) is 0.844. The average Bonchev–Trinajstić information content (AvgIpc) is 2.52. The van der Waals surface area contributed by atoms with E-state index in [4.69, 9.17) is 0 Å². The van der Waals surface area contributed by atoms with Crippen LogP contribution in [0.4, 0.5) is 0 Å². The van der Waals surface area contributed by atoms with Gasteiger partial charge in [0.05, 0.1) is 5.56 Å². The minimum atomic E-state index is -0.269. The maximum absolute atomic E-state index is 11.6. The maximum Gasteiger partial charge on any atom is 0.251 e. The van der Waals surface area contributed by atoms with Crippen molar-refractivity contribution in [1.29, 1.82) is 0 Å². The van der Waals surface area contributed by atoms with Crippen LogP contribution in [0, 0.1) is 6.92 Å². The van der Waals surface area contributed by atoms with Gasteiger partial charge < -0.3 is 10.3 Å². The largest absolute Gasteiger partial charge is 0.355 e. The first kappa shape index (κ1) is 18.0. The summed E-state index contributed by atoms with van der Waals surface area (Å²) in [5.74, 6) is -0.248. The third-order valence-electron chi connectivity index (χ3n) is 3.43. The molecule has 22 heavy (non-hydrogen) atoms. The Bertz CT molecular complexity index is 670. The lowest BCUT2D eigenvalue weighted by Crippen LogP contribution is -2.21. The zero-order chi connectivity index (χ0) is 16.5. The third-order valence-corrected chi connectivity index (χ3v) is 3.43. The van der Waals surface area contributed by atoms with Crippen LogP contribution in [0.2, 0.25) is 0 Å². The van der Waals surface area contributed by atoms with Gasteiger partial charge in [-0.15, -0.1) is 0 Å². The number of aromatic nitrogens is 1. The molecule has 4 heteroatoms. The van der Waals surface area contributed by atoms with Crippen LogP contribution in [0.3, 0.4) is 0 Å². The molecular weight excluding hydrogens is 276 g/mol. The van der Waals surface area contributed by atoms with E-state index < -0.39 is 0 Å². The van der Waals surface area contributed by atoms with E-state index in [1.807, 2.05) is 19.1 Å².